The van der Waals surface area contributed by atoms with Gasteiger partial charge in [-0.2, -0.15) is 0 Å². The van der Waals surface area contributed by atoms with Gasteiger partial charge in [0, 0.05) is 30.7 Å². The summed E-state index contributed by atoms with van der Waals surface area (Å²) < 4.78 is 0. The van der Waals surface area contributed by atoms with Crippen molar-refractivity contribution in [3.05, 3.63) is 30.5 Å². The van der Waals surface area contributed by atoms with Gasteiger partial charge in [0.05, 0.1) is 5.69 Å². The maximum atomic E-state index is 3.35. The summed E-state index contributed by atoms with van der Waals surface area (Å²) in [5, 5.41) is 4.61. The van der Waals surface area contributed by atoms with Gasteiger partial charge in [0.1, 0.15) is 0 Å². The molecule has 0 fully saturated rings. The van der Waals surface area contributed by atoms with Gasteiger partial charge in [-0.3, -0.25) is 0 Å². The number of nitrogens with zero attached hydrogens (tertiary/aromatic N) is 1. The second-order valence-corrected chi connectivity index (χ2v) is 5.66. The predicted molar refractivity (Wildman–Crippen MR) is 83.8 cm³/mol. The third-order valence-corrected chi connectivity index (χ3v) is 3.90. The molecule has 3 nitrogen and oxygen atoms in total. The van der Waals surface area contributed by atoms with Gasteiger partial charge in [0.15, 0.2) is 0 Å². The van der Waals surface area contributed by atoms with Crippen molar-refractivity contribution in [1.29, 1.82) is 0 Å². The van der Waals surface area contributed by atoms with Crippen LogP contribution < -0.4 is 10.2 Å². The van der Waals surface area contributed by atoms with Crippen molar-refractivity contribution in [3.63, 3.8) is 0 Å². The van der Waals surface area contributed by atoms with Crippen molar-refractivity contribution < 1.29 is 0 Å². The molecule has 0 saturated carbocycles. The van der Waals surface area contributed by atoms with E-state index in [4.69, 9.17) is 0 Å². The molecule has 104 valence electrons. The second-order valence-electron chi connectivity index (χ2n) is 5.66. The highest BCUT2D eigenvalue weighted by atomic mass is 15.1. The fraction of sp³-hybridized carbons (Fsp3) is 0.500. The van der Waals surface area contributed by atoms with Crippen molar-refractivity contribution in [1.82, 2.24) is 10.3 Å². The SMILES string of the molecule is CNCC(CN(C)c1c[nH]c2ccccc12)C(C)C. The molecule has 0 aliphatic heterocycles. The Labute approximate surface area is 116 Å². The monoisotopic (exact) mass is 259 g/mol. The molecular weight excluding hydrogens is 234 g/mol. The van der Waals surface area contributed by atoms with Crippen LogP contribution in [0.2, 0.25) is 0 Å². The van der Waals surface area contributed by atoms with Crippen molar-refractivity contribution >= 4 is 16.6 Å². The van der Waals surface area contributed by atoms with Crippen molar-refractivity contribution in [2.45, 2.75) is 13.8 Å². The molecule has 2 rings (SSSR count). The molecular formula is C16H25N3. The zero-order valence-electron chi connectivity index (χ0n) is 12.4. The Kier molecular flexibility index (Phi) is 4.48. The van der Waals surface area contributed by atoms with Gasteiger partial charge in [-0.05, 0) is 31.5 Å². The number of aromatic nitrogens is 1. The van der Waals surface area contributed by atoms with Crippen LogP contribution >= 0.6 is 0 Å². The number of anilines is 1. The summed E-state index contributed by atoms with van der Waals surface area (Å²) in [6.45, 7) is 6.72. The predicted octanol–water partition coefficient (Wildman–Crippen LogP) is 3.10. The fourth-order valence-electron chi connectivity index (χ4n) is 2.60. The summed E-state index contributed by atoms with van der Waals surface area (Å²) in [4.78, 5) is 5.71. The summed E-state index contributed by atoms with van der Waals surface area (Å²) in [5.41, 5.74) is 2.50. The van der Waals surface area contributed by atoms with E-state index in [1.807, 2.05) is 7.05 Å². The van der Waals surface area contributed by atoms with Crippen LogP contribution in [0.1, 0.15) is 13.8 Å². The van der Waals surface area contributed by atoms with Gasteiger partial charge >= 0.3 is 0 Å². The van der Waals surface area contributed by atoms with E-state index in [-0.39, 0.29) is 0 Å². The first-order valence-corrected chi connectivity index (χ1v) is 7.05. The number of hydrogen-bond acceptors (Lipinski definition) is 2. The molecule has 1 aromatic carbocycles. The Bertz CT molecular complexity index is 515. The molecule has 0 saturated heterocycles. The summed E-state index contributed by atoms with van der Waals surface area (Å²) in [6, 6.07) is 8.47. The topological polar surface area (TPSA) is 31.1 Å². The van der Waals surface area contributed by atoms with E-state index in [2.05, 4.69) is 66.6 Å². The Morgan fingerprint density at radius 2 is 2.00 bits per heavy atom. The van der Waals surface area contributed by atoms with E-state index in [9.17, 15) is 0 Å². The number of rotatable bonds is 6. The van der Waals surface area contributed by atoms with E-state index < -0.39 is 0 Å². The zero-order valence-corrected chi connectivity index (χ0v) is 12.4. The minimum atomic E-state index is 0.656. The smallest absolute Gasteiger partial charge is 0.0621 e. The third kappa shape index (κ3) is 3.10. The first kappa shape index (κ1) is 13.9. The van der Waals surface area contributed by atoms with Crippen molar-refractivity contribution in [2.24, 2.45) is 11.8 Å². The average molecular weight is 259 g/mol. The number of aromatic amines is 1. The van der Waals surface area contributed by atoms with E-state index in [0.29, 0.717) is 11.8 Å². The number of benzene rings is 1. The third-order valence-electron chi connectivity index (χ3n) is 3.90. The second kappa shape index (κ2) is 6.11. The quantitative estimate of drug-likeness (QED) is 0.835. The lowest BCUT2D eigenvalue weighted by molar-refractivity contribution is 0.377. The first-order valence-electron chi connectivity index (χ1n) is 7.05. The van der Waals surface area contributed by atoms with Crippen LogP contribution in [0.15, 0.2) is 30.5 Å². The van der Waals surface area contributed by atoms with Crippen LogP contribution in [0.3, 0.4) is 0 Å². The van der Waals surface area contributed by atoms with Crippen LogP contribution in [0.5, 0.6) is 0 Å². The number of nitrogens with one attached hydrogen (secondary N) is 2. The van der Waals surface area contributed by atoms with E-state index >= 15 is 0 Å². The van der Waals surface area contributed by atoms with E-state index in [1.54, 1.807) is 0 Å². The fourth-order valence-corrected chi connectivity index (χ4v) is 2.60. The molecule has 0 amide bonds. The number of hydrogen-bond donors (Lipinski definition) is 2. The first-order chi connectivity index (χ1) is 9.13. The van der Waals surface area contributed by atoms with Gasteiger partial charge in [-0.25, -0.2) is 0 Å². The lowest BCUT2D eigenvalue weighted by Crippen LogP contribution is -2.34. The molecule has 0 aliphatic rings. The highest BCUT2D eigenvalue weighted by Gasteiger charge is 2.16. The van der Waals surface area contributed by atoms with Crippen LogP contribution in [-0.4, -0.2) is 32.2 Å². The largest absolute Gasteiger partial charge is 0.373 e. The van der Waals surface area contributed by atoms with E-state index in [0.717, 1.165) is 13.1 Å². The number of H-pyrrole nitrogens is 1. The average Bonchev–Trinajstić information content (AvgIpc) is 2.81. The van der Waals surface area contributed by atoms with Gasteiger partial charge < -0.3 is 15.2 Å². The van der Waals surface area contributed by atoms with Crippen molar-refractivity contribution in [2.75, 3.05) is 32.1 Å². The maximum Gasteiger partial charge on any atom is 0.0621 e. The molecule has 1 atom stereocenters. The molecule has 2 aromatic rings. The molecule has 0 aliphatic carbocycles. The molecule has 19 heavy (non-hydrogen) atoms. The standard InChI is InChI=1S/C16H25N3/c1-12(2)13(9-17-3)11-19(4)16-10-18-15-8-6-5-7-14(15)16/h5-8,10,12-13,17-18H,9,11H2,1-4H3. The Hall–Kier alpha value is -1.48. The molecule has 1 unspecified atom stereocenters. The van der Waals surface area contributed by atoms with Gasteiger partial charge in [0.2, 0.25) is 0 Å². The summed E-state index contributed by atoms with van der Waals surface area (Å²) in [5.74, 6) is 1.34. The van der Waals surface area contributed by atoms with Crippen LogP contribution in [0, 0.1) is 11.8 Å². The lowest BCUT2D eigenvalue weighted by Gasteiger charge is -2.27. The van der Waals surface area contributed by atoms with Crippen LogP contribution in [0.25, 0.3) is 10.9 Å². The Balaban J connectivity index is 2.17. The van der Waals surface area contributed by atoms with Crippen LogP contribution in [0.4, 0.5) is 5.69 Å². The number of para-hydroxylation sites is 1. The molecule has 0 spiro atoms. The zero-order chi connectivity index (χ0) is 13.8. The van der Waals surface area contributed by atoms with Gasteiger partial charge in [-0.15, -0.1) is 0 Å². The van der Waals surface area contributed by atoms with Crippen LogP contribution in [-0.2, 0) is 0 Å². The minimum Gasteiger partial charge on any atom is -0.373 e. The normalized spacial score (nSPS) is 13.1. The summed E-state index contributed by atoms with van der Waals surface area (Å²) in [7, 11) is 4.21. The minimum absolute atomic E-state index is 0.656. The highest BCUT2D eigenvalue weighted by molar-refractivity contribution is 5.92. The molecule has 2 N–H and O–H groups in total. The van der Waals surface area contributed by atoms with Gasteiger partial charge in [-0.1, -0.05) is 32.0 Å². The summed E-state index contributed by atoms with van der Waals surface area (Å²) in [6.07, 6.45) is 2.11. The molecule has 1 aromatic heterocycles. The van der Waals surface area contributed by atoms with Gasteiger partial charge in [0.25, 0.3) is 0 Å². The molecule has 3 heteroatoms. The lowest BCUT2D eigenvalue weighted by atomic mass is 9.95. The summed E-state index contributed by atoms with van der Waals surface area (Å²) >= 11 is 0. The molecule has 0 bridgehead atoms. The Morgan fingerprint density at radius 1 is 1.26 bits per heavy atom. The molecule has 1 heterocycles. The Morgan fingerprint density at radius 3 is 2.68 bits per heavy atom. The number of fused-ring (bicyclic) bond motifs is 1. The van der Waals surface area contributed by atoms with Crippen molar-refractivity contribution in [3.8, 4) is 0 Å². The molecule has 0 radical (unpaired) electrons. The maximum absolute atomic E-state index is 3.35. The highest BCUT2D eigenvalue weighted by Crippen LogP contribution is 2.26. The van der Waals surface area contributed by atoms with E-state index in [1.165, 1.54) is 16.6 Å².